The molecule has 1 saturated heterocycles. The smallest absolute Gasteiger partial charge is 0.154 e. The molecule has 0 bridgehead atoms. The fourth-order valence-corrected chi connectivity index (χ4v) is 3.78. The minimum absolute atomic E-state index is 0.171. The molecule has 0 spiro atoms. The van der Waals surface area contributed by atoms with E-state index in [1.54, 1.807) is 0 Å². The minimum Gasteiger partial charge on any atom is -0.379 e. The molecular weight excluding hydrogens is 340 g/mol. The number of nitrogens with zero attached hydrogens (tertiary/aromatic N) is 4. The van der Waals surface area contributed by atoms with Crippen molar-refractivity contribution in [1.29, 1.82) is 0 Å². The van der Waals surface area contributed by atoms with Crippen LogP contribution in [0.25, 0.3) is 11.0 Å². The van der Waals surface area contributed by atoms with Crippen molar-refractivity contribution in [3.8, 4) is 0 Å². The Morgan fingerprint density at radius 2 is 1.78 bits per heavy atom. The highest BCUT2D eigenvalue weighted by molar-refractivity contribution is 5.73. The number of rotatable bonds is 7. The number of hydrogen-bond donors (Lipinski definition) is 0. The number of fused-ring (bicyclic) bond motifs is 1. The maximum Gasteiger partial charge on any atom is 0.154 e. The van der Waals surface area contributed by atoms with Crippen LogP contribution in [0.1, 0.15) is 31.2 Å². The van der Waals surface area contributed by atoms with Crippen molar-refractivity contribution in [2.45, 2.75) is 25.6 Å². The lowest BCUT2D eigenvalue weighted by Crippen LogP contribution is -2.40. The van der Waals surface area contributed by atoms with Crippen LogP contribution in [0.15, 0.2) is 54.6 Å². The first-order valence-electron chi connectivity index (χ1n) is 9.65. The van der Waals surface area contributed by atoms with Gasteiger partial charge in [-0.3, -0.25) is 4.90 Å². The number of hydrogen-bond acceptors (Lipinski definition) is 5. The molecule has 142 valence electrons. The molecule has 0 aliphatic carbocycles. The second-order valence-corrected chi connectivity index (χ2v) is 6.74. The molecule has 27 heavy (non-hydrogen) atoms. The van der Waals surface area contributed by atoms with Crippen molar-refractivity contribution < 1.29 is 9.47 Å². The van der Waals surface area contributed by atoms with E-state index in [-0.39, 0.29) is 12.3 Å². The van der Waals surface area contributed by atoms with Gasteiger partial charge in [0.25, 0.3) is 0 Å². The van der Waals surface area contributed by atoms with Gasteiger partial charge in [-0.05, 0) is 24.6 Å². The maximum atomic E-state index is 6.14. The molecule has 1 aliphatic heterocycles. The van der Waals surface area contributed by atoms with Crippen LogP contribution in [-0.4, -0.2) is 52.8 Å². The van der Waals surface area contributed by atoms with Crippen LogP contribution in [0.5, 0.6) is 0 Å². The van der Waals surface area contributed by atoms with Crippen molar-refractivity contribution >= 4 is 11.0 Å². The SMILES string of the molecule is CCO[C@H](C[C@@H](c1ccccc1)N1CCOCC1)n1nnc2ccccc21. The number of para-hydroxylation sites is 1. The molecule has 0 N–H and O–H groups in total. The summed E-state index contributed by atoms with van der Waals surface area (Å²) in [6, 6.07) is 18.9. The van der Waals surface area contributed by atoms with E-state index in [0.29, 0.717) is 6.61 Å². The predicted molar refractivity (Wildman–Crippen MR) is 104 cm³/mol. The monoisotopic (exact) mass is 366 g/mol. The third-order valence-corrected chi connectivity index (χ3v) is 5.10. The van der Waals surface area contributed by atoms with Crippen molar-refractivity contribution in [2.75, 3.05) is 32.9 Å². The quantitative estimate of drug-likeness (QED) is 0.641. The van der Waals surface area contributed by atoms with Crippen molar-refractivity contribution in [3.63, 3.8) is 0 Å². The van der Waals surface area contributed by atoms with Gasteiger partial charge in [0.05, 0.1) is 18.7 Å². The molecule has 0 amide bonds. The summed E-state index contributed by atoms with van der Waals surface area (Å²) in [7, 11) is 0. The Balaban J connectivity index is 1.66. The molecule has 4 rings (SSSR count). The van der Waals surface area contributed by atoms with Gasteiger partial charge in [-0.15, -0.1) is 5.10 Å². The highest BCUT2D eigenvalue weighted by Gasteiger charge is 2.28. The van der Waals surface area contributed by atoms with E-state index in [1.165, 1.54) is 5.56 Å². The molecule has 0 radical (unpaired) electrons. The molecule has 0 unspecified atom stereocenters. The Kier molecular flexibility index (Phi) is 5.77. The second-order valence-electron chi connectivity index (χ2n) is 6.74. The van der Waals surface area contributed by atoms with Gasteiger partial charge in [-0.25, -0.2) is 4.68 Å². The second kappa shape index (κ2) is 8.61. The van der Waals surface area contributed by atoms with E-state index in [4.69, 9.17) is 9.47 Å². The average molecular weight is 366 g/mol. The van der Waals surface area contributed by atoms with E-state index in [0.717, 1.165) is 43.8 Å². The lowest BCUT2D eigenvalue weighted by atomic mass is 10.0. The average Bonchev–Trinajstić information content (AvgIpc) is 3.16. The van der Waals surface area contributed by atoms with Gasteiger partial charge in [0.2, 0.25) is 0 Å². The summed E-state index contributed by atoms with van der Waals surface area (Å²) in [6.45, 7) is 6.05. The summed E-state index contributed by atoms with van der Waals surface area (Å²) >= 11 is 0. The summed E-state index contributed by atoms with van der Waals surface area (Å²) in [5.41, 5.74) is 3.20. The lowest BCUT2D eigenvalue weighted by Gasteiger charge is -2.36. The molecular formula is C21H26N4O2. The van der Waals surface area contributed by atoms with Gasteiger partial charge in [0, 0.05) is 32.2 Å². The Hall–Kier alpha value is -2.28. The number of benzene rings is 2. The molecule has 1 aliphatic rings. The van der Waals surface area contributed by atoms with Crippen LogP contribution in [0.4, 0.5) is 0 Å². The highest BCUT2D eigenvalue weighted by Crippen LogP contribution is 2.32. The molecule has 0 saturated carbocycles. The molecule has 2 heterocycles. The molecule has 6 heteroatoms. The summed E-state index contributed by atoms with van der Waals surface area (Å²) in [5, 5.41) is 8.72. The summed E-state index contributed by atoms with van der Waals surface area (Å²) in [5.74, 6) is 0. The summed E-state index contributed by atoms with van der Waals surface area (Å²) in [4.78, 5) is 2.49. The van der Waals surface area contributed by atoms with Crippen molar-refractivity contribution in [1.82, 2.24) is 19.9 Å². The van der Waals surface area contributed by atoms with Crippen LogP contribution in [-0.2, 0) is 9.47 Å². The summed E-state index contributed by atoms with van der Waals surface area (Å²) < 4.78 is 13.6. The molecule has 6 nitrogen and oxygen atoms in total. The third kappa shape index (κ3) is 4.03. The van der Waals surface area contributed by atoms with Gasteiger partial charge in [0.15, 0.2) is 6.23 Å². The topological polar surface area (TPSA) is 52.4 Å². The summed E-state index contributed by atoms with van der Waals surface area (Å²) in [6.07, 6.45) is 0.640. The molecule has 3 aromatic rings. The molecule has 2 aromatic carbocycles. The Morgan fingerprint density at radius 1 is 1.04 bits per heavy atom. The first-order valence-corrected chi connectivity index (χ1v) is 9.65. The zero-order chi connectivity index (χ0) is 18.5. The van der Waals surface area contributed by atoms with Crippen LogP contribution in [0.2, 0.25) is 0 Å². The first kappa shape index (κ1) is 18.1. The van der Waals surface area contributed by atoms with Gasteiger partial charge < -0.3 is 9.47 Å². The van der Waals surface area contributed by atoms with Gasteiger partial charge in [-0.2, -0.15) is 0 Å². The van der Waals surface area contributed by atoms with E-state index < -0.39 is 0 Å². The minimum atomic E-state index is -0.171. The van der Waals surface area contributed by atoms with Gasteiger partial charge >= 0.3 is 0 Å². The molecule has 1 fully saturated rings. The number of aromatic nitrogens is 3. The maximum absolute atomic E-state index is 6.14. The normalized spacial score (nSPS) is 17.8. The van der Waals surface area contributed by atoms with E-state index in [9.17, 15) is 0 Å². The zero-order valence-corrected chi connectivity index (χ0v) is 15.7. The van der Waals surface area contributed by atoms with Crippen LogP contribution in [0, 0.1) is 0 Å². The van der Waals surface area contributed by atoms with E-state index in [1.807, 2.05) is 35.9 Å². The van der Waals surface area contributed by atoms with Crippen molar-refractivity contribution in [3.05, 3.63) is 60.2 Å². The fourth-order valence-electron chi connectivity index (χ4n) is 3.78. The molecule has 2 atom stereocenters. The standard InChI is InChI=1S/C21H26N4O2/c1-2-27-21(25-19-11-7-6-10-18(19)22-23-25)16-20(17-8-4-3-5-9-17)24-12-14-26-15-13-24/h3-11,20-21H,2,12-16H2,1H3/t20-,21+/m0/s1. The van der Waals surface area contributed by atoms with Crippen molar-refractivity contribution in [2.24, 2.45) is 0 Å². The Bertz CT molecular complexity index is 846. The van der Waals surface area contributed by atoms with Crippen LogP contribution >= 0.6 is 0 Å². The van der Waals surface area contributed by atoms with Crippen LogP contribution in [0.3, 0.4) is 0 Å². The van der Waals surface area contributed by atoms with Gasteiger partial charge in [0.1, 0.15) is 5.52 Å². The van der Waals surface area contributed by atoms with Gasteiger partial charge in [-0.1, -0.05) is 47.7 Å². The largest absolute Gasteiger partial charge is 0.379 e. The highest BCUT2D eigenvalue weighted by atomic mass is 16.5. The van der Waals surface area contributed by atoms with E-state index in [2.05, 4.69) is 45.5 Å². The number of morpholine rings is 1. The fraction of sp³-hybridized carbons (Fsp3) is 0.429. The Labute approximate surface area is 159 Å². The third-order valence-electron chi connectivity index (χ3n) is 5.10. The Morgan fingerprint density at radius 3 is 2.56 bits per heavy atom. The predicted octanol–water partition coefficient (Wildman–Crippen LogP) is 3.43. The number of ether oxygens (including phenoxy) is 2. The first-order chi connectivity index (χ1) is 13.4. The lowest BCUT2D eigenvalue weighted by molar-refractivity contribution is -0.0404. The molecule has 1 aromatic heterocycles. The zero-order valence-electron chi connectivity index (χ0n) is 15.7. The van der Waals surface area contributed by atoms with Crippen LogP contribution < -0.4 is 0 Å². The van der Waals surface area contributed by atoms with E-state index >= 15 is 0 Å².